The Morgan fingerprint density at radius 1 is 1.33 bits per heavy atom. The zero-order valence-corrected chi connectivity index (χ0v) is 13.8. The van der Waals surface area contributed by atoms with Crippen molar-refractivity contribution in [2.75, 3.05) is 46.8 Å². The number of piperidine rings is 1. The van der Waals surface area contributed by atoms with Gasteiger partial charge >= 0.3 is 6.03 Å². The Bertz CT molecular complexity index is 291. The third kappa shape index (κ3) is 7.64. The van der Waals surface area contributed by atoms with E-state index in [1.165, 1.54) is 12.8 Å². The molecule has 3 N–H and O–H groups in total. The Labute approximate surface area is 128 Å². The van der Waals surface area contributed by atoms with Crippen LogP contribution in [0.4, 0.5) is 4.79 Å². The summed E-state index contributed by atoms with van der Waals surface area (Å²) in [5, 5.41) is 15.1. The summed E-state index contributed by atoms with van der Waals surface area (Å²) in [7, 11) is 4.28. The molecule has 124 valence electrons. The maximum Gasteiger partial charge on any atom is 0.314 e. The van der Waals surface area contributed by atoms with Crippen molar-refractivity contribution in [3.8, 4) is 0 Å². The number of urea groups is 1. The minimum atomic E-state index is -0.439. The van der Waals surface area contributed by atoms with Crippen LogP contribution in [0.2, 0.25) is 0 Å². The first-order valence-electron chi connectivity index (χ1n) is 8.11. The minimum Gasteiger partial charge on any atom is -0.391 e. The smallest absolute Gasteiger partial charge is 0.314 e. The lowest BCUT2D eigenvalue weighted by Crippen LogP contribution is -2.46. The molecule has 1 fully saturated rings. The van der Waals surface area contributed by atoms with E-state index in [9.17, 15) is 9.90 Å². The van der Waals surface area contributed by atoms with Gasteiger partial charge in [-0.3, -0.25) is 0 Å². The van der Waals surface area contributed by atoms with Gasteiger partial charge in [-0.05, 0) is 46.4 Å². The van der Waals surface area contributed by atoms with Gasteiger partial charge in [-0.25, -0.2) is 4.79 Å². The normalized spacial score (nSPS) is 18.7. The summed E-state index contributed by atoms with van der Waals surface area (Å²) in [5.41, 5.74) is 0. The van der Waals surface area contributed by atoms with E-state index in [1.54, 1.807) is 0 Å². The first-order valence-corrected chi connectivity index (χ1v) is 8.11. The Morgan fingerprint density at radius 2 is 2.00 bits per heavy atom. The predicted molar refractivity (Wildman–Crippen MR) is 85.5 cm³/mol. The molecular weight excluding hydrogens is 268 g/mol. The highest BCUT2D eigenvalue weighted by molar-refractivity contribution is 5.73. The summed E-state index contributed by atoms with van der Waals surface area (Å²) in [6.07, 6.45) is 3.60. The van der Waals surface area contributed by atoms with Crippen molar-refractivity contribution in [1.82, 2.24) is 20.4 Å². The van der Waals surface area contributed by atoms with Crippen molar-refractivity contribution in [2.45, 2.75) is 44.8 Å². The van der Waals surface area contributed by atoms with E-state index >= 15 is 0 Å². The standard InChI is InChI=1S/C15H32N4O2/c1-4-5-14(20)12-17-15(21)16-8-11-19-9-6-13(7-10-19)18(2)3/h13-14,20H,4-12H2,1-3H3,(H2,16,17,21). The number of carbonyl (C=O) groups is 1. The molecule has 0 aromatic heterocycles. The van der Waals surface area contributed by atoms with Gasteiger partial charge in [-0.2, -0.15) is 0 Å². The monoisotopic (exact) mass is 300 g/mol. The SMILES string of the molecule is CCCC(O)CNC(=O)NCCN1CCC(N(C)C)CC1. The lowest BCUT2D eigenvalue weighted by atomic mass is 10.0. The summed E-state index contributed by atoms with van der Waals surface area (Å²) in [6, 6.07) is 0.505. The van der Waals surface area contributed by atoms with Gasteiger partial charge in [0.2, 0.25) is 0 Å². The maximum absolute atomic E-state index is 11.6. The molecule has 0 aliphatic carbocycles. The van der Waals surface area contributed by atoms with E-state index in [-0.39, 0.29) is 6.03 Å². The molecule has 0 saturated carbocycles. The number of rotatable bonds is 8. The molecule has 1 unspecified atom stereocenters. The van der Waals surface area contributed by atoms with Crippen LogP contribution in [0.3, 0.4) is 0 Å². The topological polar surface area (TPSA) is 67.8 Å². The Balaban J connectivity index is 2.05. The number of nitrogens with one attached hydrogen (secondary N) is 2. The molecule has 2 amide bonds. The predicted octanol–water partition coefficient (Wildman–Crippen LogP) is 0.473. The van der Waals surface area contributed by atoms with Gasteiger partial charge in [0.25, 0.3) is 0 Å². The van der Waals surface area contributed by atoms with Crippen LogP contribution >= 0.6 is 0 Å². The summed E-state index contributed by atoms with van der Waals surface area (Å²) in [5.74, 6) is 0. The largest absolute Gasteiger partial charge is 0.391 e. The van der Waals surface area contributed by atoms with Gasteiger partial charge in [0, 0.05) is 25.7 Å². The quantitative estimate of drug-likeness (QED) is 0.610. The Morgan fingerprint density at radius 3 is 2.57 bits per heavy atom. The zero-order valence-electron chi connectivity index (χ0n) is 13.8. The zero-order chi connectivity index (χ0) is 15.7. The number of carbonyl (C=O) groups excluding carboxylic acids is 1. The third-order valence-corrected chi connectivity index (χ3v) is 4.12. The van der Waals surface area contributed by atoms with Crippen LogP contribution in [0, 0.1) is 0 Å². The second-order valence-corrected chi connectivity index (χ2v) is 6.12. The molecular formula is C15H32N4O2. The van der Waals surface area contributed by atoms with Gasteiger partial charge in [0.15, 0.2) is 0 Å². The molecule has 0 bridgehead atoms. The van der Waals surface area contributed by atoms with E-state index in [4.69, 9.17) is 0 Å². The number of aliphatic hydroxyl groups excluding tert-OH is 1. The van der Waals surface area contributed by atoms with Crippen molar-refractivity contribution in [3.63, 3.8) is 0 Å². The molecule has 1 saturated heterocycles. The van der Waals surface area contributed by atoms with Gasteiger partial charge in [0.05, 0.1) is 6.10 Å². The summed E-state index contributed by atoms with van der Waals surface area (Å²) >= 11 is 0. The van der Waals surface area contributed by atoms with Crippen LogP contribution in [-0.4, -0.2) is 79.9 Å². The first-order chi connectivity index (χ1) is 10.0. The van der Waals surface area contributed by atoms with E-state index < -0.39 is 6.10 Å². The van der Waals surface area contributed by atoms with Gasteiger partial charge in [-0.1, -0.05) is 13.3 Å². The third-order valence-electron chi connectivity index (χ3n) is 4.12. The van der Waals surface area contributed by atoms with Crippen molar-refractivity contribution in [3.05, 3.63) is 0 Å². The lowest BCUT2D eigenvalue weighted by Gasteiger charge is -2.35. The second kappa shape index (κ2) is 9.97. The number of amides is 2. The van der Waals surface area contributed by atoms with Crippen molar-refractivity contribution in [1.29, 1.82) is 0 Å². The molecule has 0 radical (unpaired) electrons. The van der Waals surface area contributed by atoms with Crippen LogP contribution < -0.4 is 10.6 Å². The molecule has 1 aliphatic rings. The van der Waals surface area contributed by atoms with E-state index in [1.807, 2.05) is 6.92 Å². The van der Waals surface area contributed by atoms with Crippen molar-refractivity contribution < 1.29 is 9.90 Å². The summed E-state index contributed by atoms with van der Waals surface area (Å²) < 4.78 is 0. The van der Waals surface area contributed by atoms with Gasteiger partial charge in [0.1, 0.15) is 0 Å². The molecule has 6 nitrogen and oxygen atoms in total. The van der Waals surface area contributed by atoms with Crippen LogP contribution in [0.1, 0.15) is 32.6 Å². The molecule has 0 aromatic rings. The highest BCUT2D eigenvalue weighted by atomic mass is 16.3. The highest BCUT2D eigenvalue weighted by Crippen LogP contribution is 2.13. The highest BCUT2D eigenvalue weighted by Gasteiger charge is 2.20. The van der Waals surface area contributed by atoms with E-state index in [0.29, 0.717) is 19.1 Å². The molecule has 1 heterocycles. The van der Waals surface area contributed by atoms with Gasteiger partial charge < -0.3 is 25.5 Å². The van der Waals surface area contributed by atoms with Crippen molar-refractivity contribution in [2.24, 2.45) is 0 Å². The summed E-state index contributed by atoms with van der Waals surface area (Å²) in [4.78, 5) is 16.3. The number of aliphatic hydroxyl groups is 1. The molecule has 6 heteroatoms. The number of hydrogen-bond donors (Lipinski definition) is 3. The number of hydrogen-bond acceptors (Lipinski definition) is 4. The fourth-order valence-corrected chi connectivity index (χ4v) is 2.70. The molecule has 1 rings (SSSR count). The first kappa shape index (κ1) is 18.2. The second-order valence-electron chi connectivity index (χ2n) is 6.12. The molecule has 1 atom stereocenters. The van der Waals surface area contributed by atoms with Crippen LogP contribution in [0.5, 0.6) is 0 Å². The van der Waals surface area contributed by atoms with Crippen molar-refractivity contribution >= 4 is 6.03 Å². The lowest BCUT2D eigenvalue weighted by molar-refractivity contribution is 0.145. The molecule has 0 spiro atoms. The van der Waals surface area contributed by atoms with Crippen LogP contribution in [-0.2, 0) is 0 Å². The van der Waals surface area contributed by atoms with Gasteiger partial charge in [-0.15, -0.1) is 0 Å². The van der Waals surface area contributed by atoms with Crippen LogP contribution in [0.25, 0.3) is 0 Å². The molecule has 0 aromatic carbocycles. The van der Waals surface area contributed by atoms with E-state index in [2.05, 4.69) is 34.5 Å². The number of nitrogens with zero attached hydrogens (tertiary/aromatic N) is 2. The Kier molecular flexibility index (Phi) is 8.64. The van der Waals surface area contributed by atoms with Crippen LogP contribution in [0.15, 0.2) is 0 Å². The molecule has 1 aliphatic heterocycles. The Hall–Kier alpha value is -0.850. The average molecular weight is 300 g/mol. The maximum atomic E-state index is 11.6. The summed E-state index contributed by atoms with van der Waals surface area (Å²) in [6.45, 7) is 6.09. The number of likely N-dealkylation sites (tertiary alicyclic amines) is 1. The fourth-order valence-electron chi connectivity index (χ4n) is 2.70. The fraction of sp³-hybridized carbons (Fsp3) is 0.933. The molecule has 21 heavy (non-hydrogen) atoms. The van der Waals surface area contributed by atoms with E-state index in [0.717, 1.165) is 32.5 Å². The average Bonchev–Trinajstić information content (AvgIpc) is 2.46. The minimum absolute atomic E-state index is 0.187.